The number of rotatable bonds is 3. The van der Waals surface area contributed by atoms with Gasteiger partial charge in [-0.3, -0.25) is 5.10 Å². The number of H-pyrrole nitrogens is 1. The van der Waals surface area contributed by atoms with Crippen LogP contribution in [0.1, 0.15) is 49.8 Å². The lowest BCUT2D eigenvalue weighted by Gasteiger charge is -2.35. The van der Waals surface area contributed by atoms with E-state index < -0.39 is 0 Å². The second kappa shape index (κ2) is 7.43. The summed E-state index contributed by atoms with van der Waals surface area (Å²) in [6.07, 6.45) is 7.56. The molecule has 2 aliphatic rings. The molecule has 0 bridgehead atoms. The van der Waals surface area contributed by atoms with Crippen molar-refractivity contribution in [3.05, 3.63) is 53.7 Å². The van der Waals surface area contributed by atoms with Crippen molar-refractivity contribution >= 4 is 28.3 Å². The van der Waals surface area contributed by atoms with Crippen LogP contribution < -0.4 is 15.5 Å². The third kappa shape index (κ3) is 3.43. The van der Waals surface area contributed by atoms with Crippen molar-refractivity contribution in [3.63, 3.8) is 0 Å². The van der Waals surface area contributed by atoms with Crippen LogP contribution >= 0.6 is 0 Å². The molecule has 1 saturated heterocycles. The molecule has 2 aromatic carbocycles. The van der Waals surface area contributed by atoms with Gasteiger partial charge in [0.25, 0.3) is 0 Å². The molecule has 29 heavy (non-hydrogen) atoms. The zero-order chi connectivity index (χ0) is 19.8. The van der Waals surface area contributed by atoms with Crippen LogP contribution in [-0.2, 0) is 6.42 Å². The molecule has 6 nitrogen and oxygen atoms in total. The highest BCUT2D eigenvalue weighted by Crippen LogP contribution is 2.35. The summed E-state index contributed by atoms with van der Waals surface area (Å²) in [5.41, 5.74) is 5.61. The first-order chi connectivity index (χ1) is 14.2. The van der Waals surface area contributed by atoms with E-state index in [9.17, 15) is 4.79 Å². The van der Waals surface area contributed by atoms with Gasteiger partial charge < -0.3 is 15.5 Å². The number of nitrogens with zero attached hydrogens (tertiary/aromatic N) is 2. The topological polar surface area (TPSA) is 73.1 Å². The summed E-state index contributed by atoms with van der Waals surface area (Å²) in [5.74, 6) is 0. The molecular formula is C23H27N5O. The number of urea groups is 1. The molecule has 1 aliphatic carbocycles. The molecule has 2 amide bonds. The minimum absolute atomic E-state index is 0.0568. The van der Waals surface area contributed by atoms with E-state index in [2.05, 4.69) is 50.9 Å². The lowest BCUT2D eigenvalue weighted by atomic mass is 10.0. The van der Waals surface area contributed by atoms with E-state index >= 15 is 0 Å². The lowest BCUT2D eigenvalue weighted by Crippen LogP contribution is -2.37. The molecule has 1 aliphatic heterocycles. The molecule has 2 unspecified atom stereocenters. The number of hydrogen-bond donors (Lipinski definition) is 3. The van der Waals surface area contributed by atoms with Gasteiger partial charge in [-0.05, 0) is 74.4 Å². The molecule has 2 heterocycles. The van der Waals surface area contributed by atoms with Crippen LogP contribution in [0.15, 0.2) is 42.6 Å². The molecule has 1 fully saturated rings. The Morgan fingerprint density at radius 2 is 2.14 bits per heavy atom. The minimum Gasteiger partial charge on any atom is -0.369 e. The van der Waals surface area contributed by atoms with Crippen LogP contribution in [0, 0.1) is 0 Å². The first kappa shape index (κ1) is 18.0. The van der Waals surface area contributed by atoms with Crippen molar-refractivity contribution in [1.29, 1.82) is 0 Å². The van der Waals surface area contributed by atoms with E-state index in [1.807, 2.05) is 18.2 Å². The molecule has 0 spiro atoms. The van der Waals surface area contributed by atoms with Gasteiger partial charge >= 0.3 is 6.03 Å². The second-order valence-corrected chi connectivity index (χ2v) is 8.25. The predicted molar refractivity (Wildman–Crippen MR) is 116 cm³/mol. The van der Waals surface area contributed by atoms with E-state index in [1.54, 1.807) is 6.20 Å². The Hall–Kier alpha value is -3.02. The molecule has 2 atom stereocenters. The molecule has 6 heteroatoms. The van der Waals surface area contributed by atoms with Crippen molar-refractivity contribution in [2.75, 3.05) is 16.8 Å². The van der Waals surface area contributed by atoms with Gasteiger partial charge in [-0.25, -0.2) is 4.79 Å². The Morgan fingerprint density at radius 3 is 3.03 bits per heavy atom. The number of hydrogen-bond acceptors (Lipinski definition) is 3. The van der Waals surface area contributed by atoms with Crippen LogP contribution in [0.2, 0.25) is 0 Å². The average Bonchev–Trinajstić information content (AvgIpc) is 3.36. The lowest BCUT2D eigenvalue weighted by molar-refractivity contribution is 0.248. The number of anilines is 2. The average molecular weight is 390 g/mol. The van der Waals surface area contributed by atoms with Crippen LogP contribution in [0.4, 0.5) is 16.2 Å². The Kier molecular flexibility index (Phi) is 4.62. The van der Waals surface area contributed by atoms with Gasteiger partial charge in [-0.1, -0.05) is 12.1 Å². The van der Waals surface area contributed by atoms with E-state index in [-0.39, 0.29) is 12.1 Å². The van der Waals surface area contributed by atoms with Gasteiger partial charge in [0.15, 0.2) is 0 Å². The number of aromatic amines is 1. The van der Waals surface area contributed by atoms with Crippen molar-refractivity contribution in [2.24, 2.45) is 0 Å². The summed E-state index contributed by atoms with van der Waals surface area (Å²) in [5, 5.41) is 14.0. The number of amides is 2. The number of carbonyl (C=O) groups is 1. The summed E-state index contributed by atoms with van der Waals surface area (Å²) in [7, 11) is 0. The number of piperidine rings is 1. The first-order valence-corrected chi connectivity index (χ1v) is 10.6. The molecular weight excluding hydrogens is 362 g/mol. The van der Waals surface area contributed by atoms with Gasteiger partial charge in [0.05, 0.1) is 23.4 Å². The van der Waals surface area contributed by atoms with Gasteiger partial charge in [-0.2, -0.15) is 5.10 Å². The molecule has 150 valence electrons. The van der Waals surface area contributed by atoms with Crippen LogP contribution in [0.5, 0.6) is 0 Å². The van der Waals surface area contributed by atoms with E-state index in [0.717, 1.165) is 36.0 Å². The summed E-state index contributed by atoms with van der Waals surface area (Å²) in [6.45, 7) is 3.46. The fourth-order valence-corrected chi connectivity index (χ4v) is 4.81. The molecule has 1 aromatic heterocycles. The SMILES string of the molecule is CC1CCCCN1c1ccc2c(c1)CCC2NC(=O)Nc1cccc2[nH]ncc12. The number of benzene rings is 2. The monoisotopic (exact) mass is 389 g/mol. The highest BCUT2D eigenvalue weighted by atomic mass is 16.2. The molecule has 5 rings (SSSR count). The number of fused-ring (bicyclic) bond motifs is 2. The smallest absolute Gasteiger partial charge is 0.319 e. The van der Waals surface area contributed by atoms with Crippen LogP contribution in [0.25, 0.3) is 10.9 Å². The van der Waals surface area contributed by atoms with Crippen LogP contribution in [0.3, 0.4) is 0 Å². The summed E-state index contributed by atoms with van der Waals surface area (Å²) in [4.78, 5) is 15.2. The highest BCUT2D eigenvalue weighted by Gasteiger charge is 2.26. The fraction of sp³-hybridized carbons (Fsp3) is 0.391. The van der Waals surface area contributed by atoms with Gasteiger partial charge in [0.2, 0.25) is 0 Å². The minimum atomic E-state index is -0.176. The Balaban J connectivity index is 1.29. The Morgan fingerprint density at radius 1 is 1.21 bits per heavy atom. The highest BCUT2D eigenvalue weighted by molar-refractivity contribution is 6.00. The second-order valence-electron chi connectivity index (χ2n) is 8.25. The maximum Gasteiger partial charge on any atom is 0.319 e. The summed E-state index contributed by atoms with van der Waals surface area (Å²) < 4.78 is 0. The van der Waals surface area contributed by atoms with Crippen molar-refractivity contribution in [2.45, 2.75) is 51.1 Å². The van der Waals surface area contributed by atoms with E-state index in [0.29, 0.717) is 6.04 Å². The molecule has 0 radical (unpaired) electrons. The van der Waals surface area contributed by atoms with Crippen molar-refractivity contribution in [3.8, 4) is 0 Å². The number of aryl methyl sites for hydroxylation is 1. The van der Waals surface area contributed by atoms with Gasteiger partial charge in [0.1, 0.15) is 0 Å². The first-order valence-electron chi connectivity index (χ1n) is 10.6. The Bertz CT molecular complexity index is 1040. The van der Waals surface area contributed by atoms with Gasteiger partial charge in [-0.15, -0.1) is 0 Å². The zero-order valence-electron chi connectivity index (χ0n) is 16.7. The largest absolute Gasteiger partial charge is 0.369 e. The Labute approximate surface area is 170 Å². The maximum absolute atomic E-state index is 12.6. The number of carbonyl (C=O) groups excluding carboxylic acids is 1. The normalized spacial score (nSPS) is 21.2. The molecule has 3 N–H and O–H groups in total. The summed E-state index contributed by atoms with van der Waals surface area (Å²) >= 11 is 0. The number of nitrogens with one attached hydrogen (secondary N) is 3. The maximum atomic E-state index is 12.6. The zero-order valence-corrected chi connectivity index (χ0v) is 16.7. The fourth-order valence-electron chi connectivity index (χ4n) is 4.81. The van der Waals surface area contributed by atoms with Crippen LogP contribution in [-0.4, -0.2) is 28.8 Å². The standard InChI is InChI=1S/C23H27N5O/c1-15-5-2-3-12-28(15)17-9-10-18-16(13-17)8-11-21(18)26-23(29)25-20-6-4-7-22-19(20)14-24-27-22/h4,6-7,9-10,13-15,21H,2-3,5,8,11-12H2,1H3,(H,24,27)(H2,25,26,29). The summed E-state index contributed by atoms with van der Waals surface area (Å²) in [6, 6.07) is 13.0. The van der Waals surface area contributed by atoms with Crippen molar-refractivity contribution < 1.29 is 4.79 Å². The third-order valence-electron chi connectivity index (χ3n) is 6.38. The predicted octanol–water partition coefficient (Wildman–Crippen LogP) is 4.75. The molecule has 0 saturated carbocycles. The number of aromatic nitrogens is 2. The van der Waals surface area contributed by atoms with E-state index in [4.69, 9.17) is 0 Å². The van der Waals surface area contributed by atoms with E-state index in [1.165, 1.54) is 36.1 Å². The van der Waals surface area contributed by atoms with Crippen molar-refractivity contribution in [1.82, 2.24) is 15.5 Å². The third-order valence-corrected chi connectivity index (χ3v) is 6.38. The quantitative estimate of drug-likeness (QED) is 0.605. The van der Waals surface area contributed by atoms with Gasteiger partial charge in [0, 0.05) is 23.7 Å². The molecule has 3 aromatic rings.